The van der Waals surface area contributed by atoms with E-state index in [-0.39, 0.29) is 22.9 Å². The maximum absolute atomic E-state index is 12.5. The number of hydrogen-bond acceptors (Lipinski definition) is 7. The number of rotatable bonds is 5. The van der Waals surface area contributed by atoms with Crippen molar-refractivity contribution in [3.63, 3.8) is 0 Å². The summed E-state index contributed by atoms with van der Waals surface area (Å²) in [5.74, 6) is -1.06. The Morgan fingerprint density at radius 2 is 2.16 bits per heavy atom. The fourth-order valence-corrected chi connectivity index (χ4v) is 2.90. The SMILES string of the molecule is FC(F)=C(F)CCSc1nnc(-c2n[nH]c(=S)o2)s1. The van der Waals surface area contributed by atoms with E-state index in [1.54, 1.807) is 0 Å². The molecule has 0 aliphatic rings. The molecule has 0 saturated heterocycles. The molecule has 2 aromatic heterocycles. The van der Waals surface area contributed by atoms with E-state index in [2.05, 4.69) is 20.4 Å². The lowest BCUT2D eigenvalue weighted by Crippen LogP contribution is -1.82. The lowest BCUT2D eigenvalue weighted by atomic mass is 10.4. The highest BCUT2D eigenvalue weighted by Gasteiger charge is 2.12. The van der Waals surface area contributed by atoms with Gasteiger partial charge in [-0.2, -0.15) is 8.78 Å². The molecule has 2 rings (SSSR count). The molecule has 2 heterocycles. The Kier molecular flexibility index (Phi) is 4.71. The van der Waals surface area contributed by atoms with Gasteiger partial charge in [0, 0.05) is 12.2 Å². The van der Waals surface area contributed by atoms with Crippen molar-refractivity contribution < 1.29 is 17.6 Å². The molecule has 0 amide bonds. The second-order valence-corrected chi connectivity index (χ2v) is 5.75. The van der Waals surface area contributed by atoms with E-state index in [9.17, 15) is 13.2 Å². The van der Waals surface area contributed by atoms with Crippen molar-refractivity contribution in [2.45, 2.75) is 10.8 Å². The molecule has 0 aliphatic heterocycles. The molecule has 0 radical (unpaired) electrons. The Morgan fingerprint density at radius 3 is 2.79 bits per heavy atom. The van der Waals surface area contributed by atoms with Crippen molar-refractivity contribution in [3.05, 3.63) is 16.7 Å². The lowest BCUT2D eigenvalue weighted by molar-refractivity contribution is 0.373. The summed E-state index contributed by atoms with van der Waals surface area (Å²) >= 11 is 6.98. The van der Waals surface area contributed by atoms with Gasteiger partial charge >= 0.3 is 6.08 Å². The Balaban J connectivity index is 1.95. The molecule has 1 N–H and O–H groups in total. The van der Waals surface area contributed by atoms with Gasteiger partial charge in [-0.1, -0.05) is 23.1 Å². The van der Waals surface area contributed by atoms with E-state index in [0.717, 1.165) is 23.1 Å². The third-order valence-electron chi connectivity index (χ3n) is 1.78. The van der Waals surface area contributed by atoms with Crippen LogP contribution in [0.1, 0.15) is 6.42 Å². The molecule has 0 aromatic carbocycles. The average molecular weight is 326 g/mol. The molecule has 11 heteroatoms. The van der Waals surface area contributed by atoms with Crippen LogP contribution in [0, 0.1) is 4.84 Å². The van der Waals surface area contributed by atoms with Crippen LogP contribution < -0.4 is 0 Å². The predicted octanol–water partition coefficient (Wildman–Crippen LogP) is 3.81. The quantitative estimate of drug-likeness (QED) is 0.666. The molecule has 0 fully saturated rings. The maximum atomic E-state index is 12.5. The normalized spacial score (nSPS) is 10.7. The molecule has 0 saturated carbocycles. The van der Waals surface area contributed by atoms with E-state index < -0.39 is 11.9 Å². The fourth-order valence-electron chi connectivity index (χ4n) is 0.998. The van der Waals surface area contributed by atoms with Gasteiger partial charge < -0.3 is 4.42 Å². The molecular formula is C8H5F3N4OS3. The molecule has 0 bridgehead atoms. The molecule has 0 spiro atoms. The molecule has 102 valence electrons. The van der Waals surface area contributed by atoms with Crippen LogP contribution in [0.3, 0.4) is 0 Å². The summed E-state index contributed by atoms with van der Waals surface area (Å²) in [5, 5.41) is 14.2. The Bertz CT molecular complexity index is 645. The van der Waals surface area contributed by atoms with Crippen molar-refractivity contribution in [3.8, 4) is 10.9 Å². The summed E-state index contributed by atoms with van der Waals surface area (Å²) in [6.07, 6.45) is -2.64. The second-order valence-electron chi connectivity index (χ2n) is 3.06. The smallest absolute Gasteiger partial charge is 0.301 e. The lowest BCUT2D eigenvalue weighted by Gasteiger charge is -1.94. The third-order valence-corrected chi connectivity index (χ3v) is 4.00. The van der Waals surface area contributed by atoms with Crippen LogP contribution >= 0.6 is 35.3 Å². The van der Waals surface area contributed by atoms with Gasteiger partial charge in [-0.15, -0.1) is 15.3 Å². The number of allylic oxidation sites excluding steroid dienone is 1. The number of nitrogens with zero attached hydrogens (tertiary/aromatic N) is 3. The first-order valence-corrected chi connectivity index (χ1v) is 6.99. The first kappa shape index (κ1) is 14.2. The molecule has 2 aromatic rings. The van der Waals surface area contributed by atoms with Crippen LogP contribution in [0.2, 0.25) is 0 Å². The van der Waals surface area contributed by atoms with Crippen molar-refractivity contribution in [2.75, 3.05) is 5.75 Å². The zero-order valence-electron chi connectivity index (χ0n) is 9.02. The predicted molar refractivity (Wildman–Crippen MR) is 66.3 cm³/mol. The van der Waals surface area contributed by atoms with Crippen molar-refractivity contribution >= 4 is 35.3 Å². The molecule has 0 aliphatic carbocycles. The Morgan fingerprint density at radius 1 is 1.37 bits per heavy atom. The standard InChI is InChI=1S/C8H5F3N4OS3/c9-3(4(10)11)1-2-18-8-15-13-6(19-8)5-12-14-7(17)16-5/h1-2H2,(H,14,17). The van der Waals surface area contributed by atoms with Crippen LogP contribution in [-0.4, -0.2) is 26.1 Å². The monoisotopic (exact) mass is 326 g/mol. The maximum Gasteiger partial charge on any atom is 0.301 e. The fraction of sp³-hybridized carbons (Fsp3) is 0.250. The minimum Gasteiger partial charge on any atom is -0.407 e. The van der Waals surface area contributed by atoms with Crippen LogP contribution in [-0.2, 0) is 0 Å². The number of thioether (sulfide) groups is 1. The highest BCUT2D eigenvalue weighted by Crippen LogP contribution is 2.29. The van der Waals surface area contributed by atoms with E-state index >= 15 is 0 Å². The third kappa shape index (κ3) is 3.88. The zero-order valence-corrected chi connectivity index (χ0v) is 11.5. The first-order valence-electron chi connectivity index (χ1n) is 4.78. The van der Waals surface area contributed by atoms with Gasteiger partial charge in [-0.3, -0.25) is 0 Å². The summed E-state index contributed by atoms with van der Waals surface area (Å²) < 4.78 is 41.7. The van der Waals surface area contributed by atoms with E-state index in [1.807, 2.05) is 0 Å². The highest BCUT2D eigenvalue weighted by atomic mass is 32.2. The first-order chi connectivity index (χ1) is 9.06. The zero-order chi connectivity index (χ0) is 13.8. The average Bonchev–Trinajstić information content (AvgIpc) is 2.97. The number of hydrogen-bond donors (Lipinski definition) is 1. The summed E-state index contributed by atoms with van der Waals surface area (Å²) in [4.78, 5) is 0.116. The van der Waals surface area contributed by atoms with Gasteiger partial charge in [-0.05, 0) is 12.2 Å². The molecule has 19 heavy (non-hydrogen) atoms. The van der Waals surface area contributed by atoms with Gasteiger partial charge in [-0.25, -0.2) is 9.49 Å². The van der Waals surface area contributed by atoms with Crippen molar-refractivity contribution in [1.29, 1.82) is 0 Å². The van der Waals surface area contributed by atoms with Gasteiger partial charge in [0.15, 0.2) is 10.2 Å². The number of halogens is 3. The Hall–Kier alpha value is -1.20. The molecule has 0 unspecified atom stereocenters. The summed E-state index contributed by atoms with van der Waals surface area (Å²) in [6.45, 7) is 0. The van der Waals surface area contributed by atoms with Crippen LogP contribution in [0.4, 0.5) is 13.2 Å². The van der Waals surface area contributed by atoms with Gasteiger partial charge in [0.05, 0.1) is 0 Å². The van der Waals surface area contributed by atoms with Crippen LogP contribution in [0.15, 0.2) is 20.7 Å². The summed E-state index contributed by atoms with van der Waals surface area (Å²) in [7, 11) is 0. The number of H-pyrrole nitrogens is 1. The number of nitrogens with one attached hydrogen (secondary N) is 1. The summed E-state index contributed by atoms with van der Waals surface area (Å²) in [5.41, 5.74) is 0. The largest absolute Gasteiger partial charge is 0.407 e. The molecule has 5 nitrogen and oxygen atoms in total. The number of aromatic nitrogens is 4. The number of aromatic amines is 1. The highest BCUT2D eigenvalue weighted by molar-refractivity contribution is 8.01. The summed E-state index contributed by atoms with van der Waals surface area (Å²) in [6, 6.07) is 0. The van der Waals surface area contributed by atoms with Gasteiger partial charge in [0.25, 0.3) is 10.7 Å². The topological polar surface area (TPSA) is 67.6 Å². The van der Waals surface area contributed by atoms with Gasteiger partial charge in [0.2, 0.25) is 5.01 Å². The molecular weight excluding hydrogens is 321 g/mol. The van der Waals surface area contributed by atoms with E-state index in [1.165, 1.54) is 0 Å². The second kappa shape index (κ2) is 6.30. The van der Waals surface area contributed by atoms with Crippen molar-refractivity contribution in [1.82, 2.24) is 20.4 Å². The molecule has 0 atom stereocenters. The van der Waals surface area contributed by atoms with Crippen molar-refractivity contribution in [2.24, 2.45) is 0 Å². The van der Waals surface area contributed by atoms with Crippen LogP contribution in [0.25, 0.3) is 10.9 Å². The minimum absolute atomic E-state index is 0.116. The Labute approximate surface area is 117 Å². The van der Waals surface area contributed by atoms with E-state index in [0.29, 0.717) is 9.35 Å². The van der Waals surface area contributed by atoms with Gasteiger partial charge in [0.1, 0.15) is 0 Å². The van der Waals surface area contributed by atoms with E-state index in [4.69, 9.17) is 16.6 Å². The van der Waals surface area contributed by atoms with Crippen LogP contribution in [0.5, 0.6) is 0 Å². The minimum atomic E-state index is -2.29.